The third-order valence-corrected chi connectivity index (χ3v) is 2.91. The molecule has 0 saturated carbocycles. The Kier molecular flexibility index (Phi) is 3.55. The van der Waals surface area contributed by atoms with E-state index in [0.717, 1.165) is 0 Å². The number of likely N-dealkylation sites (tertiary alicyclic amines) is 1. The van der Waals surface area contributed by atoms with Gasteiger partial charge in [0.05, 0.1) is 12.0 Å². The van der Waals surface area contributed by atoms with Crippen LogP contribution in [0.5, 0.6) is 0 Å². The van der Waals surface area contributed by atoms with Gasteiger partial charge in [-0.15, -0.1) is 0 Å². The molecule has 1 aliphatic rings. The molecule has 1 fully saturated rings. The van der Waals surface area contributed by atoms with Gasteiger partial charge < -0.3 is 14.7 Å². The van der Waals surface area contributed by atoms with E-state index >= 15 is 0 Å². The zero-order valence-electron chi connectivity index (χ0n) is 9.15. The van der Waals surface area contributed by atoms with Gasteiger partial charge in [0.2, 0.25) is 0 Å². The molecule has 86 valence electrons. The lowest BCUT2D eigenvalue weighted by atomic mass is 9.81. The number of carboxylic acids is 1. The number of carbonyl (C=O) groups is 2. The largest absolute Gasteiger partial charge is 0.481 e. The van der Waals surface area contributed by atoms with Crippen LogP contribution >= 0.6 is 0 Å². The molecule has 5 heteroatoms. The van der Waals surface area contributed by atoms with Crippen LogP contribution in [0.15, 0.2) is 0 Å². The predicted octanol–water partition coefficient (Wildman–Crippen LogP) is 1.33. The quantitative estimate of drug-likeness (QED) is 0.754. The van der Waals surface area contributed by atoms with Crippen molar-refractivity contribution in [3.05, 3.63) is 0 Å². The lowest BCUT2D eigenvalue weighted by molar-refractivity contribution is -0.150. The van der Waals surface area contributed by atoms with Gasteiger partial charge in [0.25, 0.3) is 0 Å². The number of carboxylic acid groups (broad SMARTS) is 1. The molecule has 0 aromatic carbocycles. The minimum atomic E-state index is -0.786. The van der Waals surface area contributed by atoms with Crippen molar-refractivity contribution in [2.75, 3.05) is 19.7 Å². The number of nitrogens with zero attached hydrogens (tertiary/aromatic N) is 1. The van der Waals surface area contributed by atoms with E-state index in [0.29, 0.717) is 32.5 Å². The number of hydrogen-bond acceptors (Lipinski definition) is 3. The molecule has 0 aromatic heterocycles. The van der Waals surface area contributed by atoms with Crippen molar-refractivity contribution >= 4 is 12.1 Å². The van der Waals surface area contributed by atoms with Gasteiger partial charge in [0, 0.05) is 13.1 Å². The van der Waals surface area contributed by atoms with Gasteiger partial charge in [0.1, 0.15) is 0 Å². The second kappa shape index (κ2) is 4.51. The van der Waals surface area contributed by atoms with Crippen molar-refractivity contribution in [1.29, 1.82) is 0 Å². The summed E-state index contributed by atoms with van der Waals surface area (Å²) in [6.45, 7) is 4.75. The second-order valence-electron chi connectivity index (χ2n) is 4.05. The zero-order valence-corrected chi connectivity index (χ0v) is 9.15. The highest BCUT2D eigenvalue weighted by Crippen LogP contribution is 2.31. The first-order chi connectivity index (χ1) is 6.99. The molecule has 1 aliphatic heterocycles. The molecule has 0 spiro atoms. The fourth-order valence-electron chi connectivity index (χ4n) is 1.61. The lowest BCUT2D eigenvalue weighted by Crippen LogP contribution is -2.45. The molecule has 1 saturated heterocycles. The molecule has 0 atom stereocenters. The van der Waals surface area contributed by atoms with Gasteiger partial charge in [0.15, 0.2) is 0 Å². The number of piperidine rings is 1. The van der Waals surface area contributed by atoms with E-state index in [2.05, 4.69) is 0 Å². The number of amides is 1. The fraction of sp³-hybridized carbons (Fsp3) is 0.800. The van der Waals surface area contributed by atoms with E-state index in [4.69, 9.17) is 9.84 Å². The monoisotopic (exact) mass is 215 g/mol. The van der Waals surface area contributed by atoms with Crippen LogP contribution in [-0.4, -0.2) is 41.8 Å². The highest BCUT2D eigenvalue weighted by Gasteiger charge is 2.38. The Morgan fingerprint density at radius 1 is 1.40 bits per heavy atom. The Hall–Kier alpha value is -1.26. The maximum Gasteiger partial charge on any atom is 0.409 e. The van der Waals surface area contributed by atoms with Crippen LogP contribution in [0.2, 0.25) is 0 Å². The third-order valence-electron chi connectivity index (χ3n) is 2.91. The summed E-state index contributed by atoms with van der Waals surface area (Å²) in [5.74, 6) is -0.786. The van der Waals surface area contributed by atoms with Crippen molar-refractivity contribution in [2.45, 2.75) is 26.7 Å². The summed E-state index contributed by atoms with van der Waals surface area (Å²) in [4.78, 5) is 23.8. The normalized spacial score (nSPS) is 19.7. The Morgan fingerprint density at radius 2 is 1.93 bits per heavy atom. The SMILES string of the molecule is CCOC(=O)N1CCC(C)(C(=O)O)CC1. The summed E-state index contributed by atoms with van der Waals surface area (Å²) in [5.41, 5.74) is -0.691. The van der Waals surface area contributed by atoms with Crippen molar-refractivity contribution in [2.24, 2.45) is 5.41 Å². The van der Waals surface area contributed by atoms with E-state index in [1.165, 1.54) is 0 Å². The Balaban J connectivity index is 2.49. The van der Waals surface area contributed by atoms with Crippen LogP contribution < -0.4 is 0 Å². The van der Waals surface area contributed by atoms with Crippen molar-refractivity contribution in [1.82, 2.24) is 4.90 Å². The highest BCUT2D eigenvalue weighted by molar-refractivity contribution is 5.75. The molecule has 15 heavy (non-hydrogen) atoms. The fourth-order valence-corrected chi connectivity index (χ4v) is 1.61. The van der Waals surface area contributed by atoms with Crippen molar-refractivity contribution in [3.63, 3.8) is 0 Å². The van der Waals surface area contributed by atoms with E-state index in [-0.39, 0.29) is 6.09 Å². The van der Waals surface area contributed by atoms with Crippen LogP contribution in [0.3, 0.4) is 0 Å². The molecule has 1 N–H and O–H groups in total. The first-order valence-electron chi connectivity index (χ1n) is 5.14. The molecule has 0 aliphatic carbocycles. The van der Waals surface area contributed by atoms with Crippen LogP contribution in [-0.2, 0) is 9.53 Å². The maximum absolute atomic E-state index is 11.3. The average Bonchev–Trinajstić information content (AvgIpc) is 2.19. The van der Waals surface area contributed by atoms with Gasteiger partial charge in [-0.05, 0) is 26.7 Å². The second-order valence-corrected chi connectivity index (χ2v) is 4.05. The van der Waals surface area contributed by atoms with Crippen LogP contribution in [0.1, 0.15) is 26.7 Å². The molecule has 5 nitrogen and oxygen atoms in total. The smallest absolute Gasteiger partial charge is 0.409 e. The zero-order chi connectivity index (χ0) is 11.5. The topological polar surface area (TPSA) is 66.8 Å². The number of aliphatic carboxylic acids is 1. The lowest BCUT2D eigenvalue weighted by Gasteiger charge is -2.35. The van der Waals surface area contributed by atoms with Crippen LogP contribution in [0.4, 0.5) is 4.79 Å². The standard InChI is InChI=1S/C10H17NO4/c1-3-15-9(14)11-6-4-10(2,5-7-11)8(12)13/h3-7H2,1-2H3,(H,12,13). The summed E-state index contributed by atoms with van der Waals surface area (Å²) < 4.78 is 4.85. The van der Waals surface area contributed by atoms with Gasteiger partial charge in [-0.3, -0.25) is 4.79 Å². The summed E-state index contributed by atoms with van der Waals surface area (Å²) in [6, 6.07) is 0. The number of rotatable bonds is 2. The minimum Gasteiger partial charge on any atom is -0.481 e. The molecule has 0 radical (unpaired) electrons. The van der Waals surface area contributed by atoms with E-state index in [1.807, 2.05) is 0 Å². The molecular weight excluding hydrogens is 198 g/mol. The molecule has 0 bridgehead atoms. The molecule has 1 amide bonds. The molecule has 1 rings (SSSR count). The Morgan fingerprint density at radius 3 is 2.33 bits per heavy atom. The Bertz CT molecular complexity index is 256. The average molecular weight is 215 g/mol. The number of hydrogen-bond donors (Lipinski definition) is 1. The molecular formula is C10H17NO4. The first-order valence-corrected chi connectivity index (χ1v) is 5.14. The first kappa shape index (κ1) is 11.8. The van der Waals surface area contributed by atoms with Crippen LogP contribution in [0, 0.1) is 5.41 Å². The summed E-state index contributed by atoms with van der Waals surface area (Å²) >= 11 is 0. The number of carbonyl (C=O) groups excluding carboxylic acids is 1. The Labute approximate surface area is 89.0 Å². The predicted molar refractivity (Wildman–Crippen MR) is 53.6 cm³/mol. The molecule has 0 aromatic rings. The van der Waals surface area contributed by atoms with Gasteiger partial charge >= 0.3 is 12.1 Å². The van der Waals surface area contributed by atoms with Crippen molar-refractivity contribution < 1.29 is 19.4 Å². The van der Waals surface area contributed by atoms with Gasteiger partial charge in [-0.2, -0.15) is 0 Å². The maximum atomic E-state index is 11.3. The van der Waals surface area contributed by atoms with Crippen LogP contribution in [0.25, 0.3) is 0 Å². The number of ether oxygens (including phenoxy) is 1. The molecule has 0 unspecified atom stereocenters. The summed E-state index contributed by atoms with van der Waals surface area (Å²) in [5, 5.41) is 8.99. The summed E-state index contributed by atoms with van der Waals surface area (Å²) in [6.07, 6.45) is 0.632. The van der Waals surface area contributed by atoms with Crippen molar-refractivity contribution in [3.8, 4) is 0 Å². The van der Waals surface area contributed by atoms with Gasteiger partial charge in [-0.25, -0.2) is 4.79 Å². The van der Waals surface area contributed by atoms with E-state index < -0.39 is 11.4 Å². The third kappa shape index (κ3) is 2.61. The summed E-state index contributed by atoms with van der Waals surface area (Å²) in [7, 11) is 0. The highest BCUT2D eigenvalue weighted by atomic mass is 16.6. The van der Waals surface area contributed by atoms with E-state index in [1.54, 1.807) is 18.7 Å². The van der Waals surface area contributed by atoms with Gasteiger partial charge in [-0.1, -0.05) is 0 Å². The van der Waals surface area contributed by atoms with E-state index in [9.17, 15) is 9.59 Å². The molecule has 1 heterocycles. The minimum absolute atomic E-state index is 0.343.